The van der Waals surface area contributed by atoms with E-state index in [0.29, 0.717) is 4.47 Å². The normalized spacial score (nSPS) is 11.8. The molecule has 1 atom stereocenters. The first kappa shape index (κ1) is 11.7. The van der Waals surface area contributed by atoms with E-state index in [0.717, 1.165) is 0 Å². The van der Waals surface area contributed by atoms with Crippen molar-refractivity contribution in [1.29, 1.82) is 5.26 Å². The summed E-state index contributed by atoms with van der Waals surface area (Å²) in [6.45, 7) is 0. The van der Waals surface area contributed by atoms with Gasteiger partial charge in [0, 0.05) is 10.9 Å². The number of benzene rings is 1. The number of hydrogen-bond acceptors (Lipinski definition) is 2. The van der Waals surface area contributed by atoms with Crippen LogP contribution >= 0.6 is 15.9 Å². The summed E-state index contributed by atoms with van der Waals surface area (Å²) < 4.78 is 13.9. The summed E-state index contributed by atoms with van der Waals surface area (Å²) >= 11 is 3.09. The van der Waals surface area contributed by atoms with Crippen molar-refractivity contribution in [1.82, 2.24) is 0 Å². The third-order valence-corrected chi connectivity index (χ3v) is 2.39. The molecule has 0 saturated heterocycles. The van der Waals surface area contributed by atoms with E-state index in [1.54, 1.807) is 12.1 Å². The Kier molecular flexibility index (Phi) is 3.81. The second kappa shape index (κ2) is 4.89. The third-order valence-electron chi connectivity index (χ3n) is 1.89. The van der Waals surface area contributed by atoms with Gasteiger partial charge in [-0.2, -0.15) is 5.26 Å². The first-order chi connectivity index (χ1) is 7.04. The lowest BCUT2D eigenvalue weighted by Crippen LogP contribution is -2.14. The lowest BCUT2D eigenvalue weighted by atomic mass is 10.0. The summed E-state index contributed by atoms with van der Waals surface area (Å²) in [6.07, 6.45) is -0.120. The molecule has 0 heterocycles. The molecule has 1 aromatic rings. The van der Waals surface area contributed by atoms with Gasteiger partial charge in [0.2, 0.25) is 0 Å². The maximum atomic E-state index is 13.3. The molecule has 0 amide bonds. The van der Waals surface area contributed by atoms with Gasteiger partial charge in [0.1, 0.15) is 11.7 Å². The van der Waals surface area contributed by atoms with E-state index < -0.39 is 17.7 Å². The SMILES string of the molecule is N#C[C@@H](Cc1ccc(Br)cc1F)C(=O)O. The highest BCUT2D eigenvalue weighted by Crippen LogP contribution is 2.18. The van der Waals surface area contributed by atoms with Crippen LogP contribution in [-0.4, -0.2) is 11.1 Å². The third kappa shape index (κ3) is 3.03. The molecule has 78 valence electrons. The summed E-state index contributed by atoms with van der Waals surface area (Å²) in [5.41, 5.74) is 0.229. The van der Waals surface area contributed by atoms with Crippen molar-refractivity contribution in [2.45, 2.75) is 6.42 Å². The second-order valence-corrected chi connectivity index (χ2v) is 3.88. The molecule has 0 unspecified atom stereocenters. The summed E-state index contributed by atoms with van der Waals surface area (Å²) in [5, 5.41) is 17.2. The molecule has 1 rings (SSSR count). The lowest BCUT2D eigenvalue weighted by Gasteiger charge is -2.05. The van der Waals surface area contributed by atoms with Gasteiger partial charge in [-0.1, -0.05) is 22.0 Å². The molecular weight excluding hydrogens is 265 g/mol. The number of hydrogen-bond donors (Lipinski definition) is 1. The maximum absolute atomic E-state index is 13.3. The number of carboxylic acid groups (broad SMARTS) is 1. The smallest absolute Gasteiger partial charge is 0.321 e. The highest BCUT2D eigenvalue weighted by Gasteiger charge is 2.18. The fraction of sp³-hybridized carbons (Fsp3) is 0.200. The summed E-state index contributed by atoms with van der Waals surface area (Å²) in [7, 11) is 0. The van der Waals surface area contributed by atoms with Gasteiger partial charge in [-0.25, -0.2) is 4.39 Å². The van der Waals surface area contributed by atoms with E-state index in [1.807, 2.05) is 0 Å². The molecule has 0 aliphatic carbocycles. The zero-order valence-electron chi connectivity index (χ0n) is 7.58. The van der Waals surface area contributed by atoms with E-state index in [9.17, 15) is 9.18 Å². The Hall–Kier alpha value is -1.41. The first-order valence-electron chi connectivity index (χ1n) is 4.11. The molecule has 0 aliphatic heterocycles. The predicted molar refractivity (Wildman–Crippen MR) is 54.5 cm³/mol. The Labute approximate surface area is 94.3 Å². The van der Waals surface area contributed by atoms with Crippen molar-refractivity contribution >= 4 is 21.9 Å². The average Bonchev–Trinajstić information content (AvgIpc) is 2.16. The van der Waals surface area contributed by atoms with Crippen LogP contribution in [0, 0.1) is 23.1 Å². The second-order valence-electron chi connectivity index (χ2n) is 2.96. The van der Waals surface area contributed by atoms with E-state index in [-0.39, 0.29) is 12.0 Å². The van der Waals surface area contributed by atoms with Crippen LogP contribution in [0.1, 0.15) is 5.56 Å². The largest absolute Gasteiger partial charge is 0.480 e. The van der Waals surface area contributed by atoms with Crippen molar-refractivity contribution in [2.75, 3.05) is 0 Å². The summed E-state index contributed by atoms with van der Waals surface area (Å²) in [4.78, 5) is 10.6. The van der Waals surface area contributed by atoms with Crippen molar-refractivity contribution in [3.8, 4) is 6.07 Å². The van der Waals surface area contributed by atoms with E-state index in [2.05, 4.69) is 15.9 Å². The van der Waals surface area contributed by atoms with Gasteiger partial charge in [0.15, 0.2) is 0 Å². The minimum absolute atomic E-state index is 0.120. The van der Waals surface area contributed by atoms with Crippen LogP contribution in [0.3, 0.4) is 0 Å². The summed E-state index contributed by atoms with van der Waals surface area (Å²) in [5.74, 6) is -2.95. The number of halogens is 2. The zero-order valence-corrected chi connectivity index (χ0v) is 9.16. The molecule has 15 heavy (non-hydrogen) atoms. The molecule has 0 aliphatic rings. The fourth-order valence-electron chi connectivity index (χ4n) is 1.10. The van der Waals surface area contributed by atoms with Crippen LogP contribution in [0.25, 0.3) is 0 Å². The number of nitriles is 1. The molecule has 3 nitrogen and oxygen atoms in total. The molecule has 1 aromatic carbocycles. The van der Waals surface area contributed by atoms with Crippen molar-refractivity contribution in [2.24, 2.45) is 5.92 Å². The standard InChI is InChI=1S/C10H7BrFNO2/c11-8-2-1-6(9(12)4-8)3-7(5-13)10(14)15/h1-2,4,7H,3H2,(H,14,15)/t7-/m1/s1. The number of rotatable bonds is 3. The Morgan fingerprint density at radius 3 is 2.80 bits per heavy atom. The van der Waals surface area contributed by atoms with Gasteiger partial charge in [-0.3, -0.25) is 4.79 Å². The quantitative estimate of drug-likeness (QED) is 0.918. The minimum atomic E-state index is -1.24. The van der Waals surface area contributed by atoms with Crippen LogP contribution < -0.4 is 0 Å². The number of carbonyl (C=O) groups is 1. The highest BCUT2D eigenvalue weighted by molar-refractivity contribution is 9.10. The van der Waals surface area contributed by atoms with E-state index >= 15 is 0 Å². The van der Waals surface area contributed by atoms with Gasteiger partial charge in [0.25, 0.3) is 0 Å². The lowest BCUT2D eigenvalue weighted by molar-refractivity contribution is -0.139. The van der Waals surface area contributed by atoms with Gasteiger partial charge in [0.05, 0.1) is 6.07 Å². The Morgan fingerprint density at radius 1 is 1.67 bits per heavy atom. The van der Waals surface area contributed by atoms with Crippen molar-refractivity contribution in [3.05, 3.63) is 34.1 Å². The predicted octanol–water partition coefficient (Wildman–Crippen LogP) is 2.36. The van der Waals surface area contributed by atoms with Gasteiger partial charge < -0.3 is 5.11 Å². The molecule has 0 radical (unpaired) electrons. The van der Waals surface area contributed by atoms with Gasteiger partial charge in [-0.05, 0) is 17.7 Å². The number of aliphatic carboxylic acids is 1. The Bertz CT molecular complexity index is 428. The molecule has 0 bridgehead atoms. The zero-order chi connectivity index (χ0) is 11.4. The van der Waals surface area contributed by atoms with E-state index in [4.69, 9.17) is 10.4 Å². The monoisotopic (exact) mass is 271 g/mol. The number of carboxylic acids is 1. The van der Waals surface area contributed by atoms with Crippen LogP contribution in [-0.2, 0) is 11.2 Å². The molecular formula is C10H7BrFNO2. The molecule has 1 N–H and O–H groups in total. The molecule has 0 spiro atoms. The van der Waals surface area contributed by atoms with Crippen LogP contribution in [0.2, 0.25) is 0 Å². The first-order valence-corrected chi connectivity index (χ1v) is 4.90. The summed E-state index contributed by atoms with van der Waals surface area (Å²) in [6, 6.07) is 5.93. The van der Waals surface area contributed by atoms with Crippen molar-refractivity contribution in [3.63, 3.8) is 0 Å². The Morgan fingerprint density at radius 2 is 2.33 bits per heavy atom. The fourth-order valence-corrected chi connectivity index (χ4v) is 1.43. The highest BCUT2D eigenvalue weighted by atomic mass is 79.9. The number of nitrogens with zero attached hydrogens (tertiary/aromatic N) is 1. The average molecular weight is 272 g/mol. The molecule has 0 saturated carbocycles. The molecule has 5 heteroatoms. The van der Waals surface area contributed by atoms with Gasteiger partial charge in [-0.15, -0.1) is 0 Å². The molecule has 0 aromatic heterocycles. The molecule has 0 fully saturated rings. The topological polar surface area (TPSA) is 61.1 Å². The van der Waals surface area contributed by atoms with Crippen LogP contribution in [0.4, 0.5) is 4.39 Å². The van der Waals surface area contributed by atoms with Crippen molar-refractivity contribution < 1.29 is 14.3 Å². The maximum Gasteiger partial charge on any atom is 0.321 e. The Balaban J connectivity index is 2.90. The van der Waals surface area contributed by atoms with E-state index in [1.165, 1.54) is 12.1 Å². The van der Waals surface area contributed by atoms with Crippen LogP contribution in [0.5, 0.6) is 0 Å². The van der Waals surface area contributed by atoms with Gasteiger partial charge >= 0.3 is 5.97 Å². The van der Waals surface area contributed by atoms with Crippen LogP contribution in [0.15, 0.2) is 22.7 Å². The minimum Gasteiger partial charge on any atom is -0.480 e.